The lowest BCUT2D eigenvalue weighted by atomic mass is 10.1. The highest BCUT2D eigenvalue weighted by atomic mass is 79.9. The number of rotatable bonds is 4. The molecule has 0 radical (unpaired) electrons. The molecule has 1 aliphatic heterocycles. The normalized spacial score (nSPS) is 20.5. The minimum absolute atomic E-state index is 0.00203. The molecule has 2 aromatic rings. The number of sulfonamides is 1. The SMILES string of the molecule is O=S(=O)(NCC1CCCO1)c1cc(Br)c2cccc3c2c1CC3. The number of ether oxygens (including phenoxy) is 1. The molecule has 1 saturated heterocycles. The van der Waals surface area contributed by atoms with Gasteiger partial charge < -0.3 is 4.74 Å². The van der Waals surface area contributed by atoms with Crippen molar-refractivity contribution in [1.82, 2.24) is 4.72 Å². The number of nitrogens with one attached hydrogen (secondary N) is 1. The van der Waals surface area contributed by atoms with E-state index in [0.717, 1.165) is 53.1 Å². The number of hydrogen-bond donors (Lipinski definition) is 1. The maximum Gasteiger partial charge on any atom is 0.240 e. The lowest BCUT2D eigenvalue weighted by molar-refractivity contribution is 0.114. The zero-order valence-electron chi connectivity index (χ0n) is 12.6. The fourth-order valence-corrected chi connectivity index (χ4v) is 5.67. The molecule has 4 rings (SSSR count). The molecule has 4 nitrogen and oxygen atoms in total. The summed E-state index contributed by atoms with van der Waals surface area (Å²) in [5, 5.41) is 2.19. The quantitative estimate of drug-likeness (QED) is 0.864. The highest BCUT2D eigenvalue weighted by Crippen LogP contribution is 2.39. The molecular weight excluding hydrogens is 378 g/mol. The van der Waals surface area contributed by atoms with E-state index in [0.29, 0.717) is 11.4 Å². The van der Waals surface area contributed by atoms with Gasteiger partial charge in [-0.3, -0.25) is 0 Å². The summed E-state index contributed by atoms with van der Waals surface area (Å²) in [6.07, 6.45) is 3.60. The molecule has 0 amide bonds. The molecule has 122 valence electrons. The Morgan fingerprint density at radius 1 is 1.30 bits per heavy atom. The molecule has 1 atom stereocenters. The lowest BCUT2D eigenvalue weighted by Gasteiger charge is -2.15. The predicted octanol–water partition coefficient (Wildman–Crippen LogP) is 3.16. The van der Waals surface area contributed by atoms with Gasteiger partial charge in [0.15, 0.2) is 0 Å². The van der Waals surface area contributed by atoms with Gasteiger partial charge in [-0.25, -0.2) is 13.1 Å². The van der Waals surface area contributed by atoms with Gasteiger partial charge in [0.2, 0.25) is 10.0 Å². The van der Waals surface area contributed by atoms with Crippen molar-refractivity contribution < 1.29 is 13.2 Å². The summed E-state index contributed by atoms with van der Waals surface area (Å²) in [6.45, 7) is 1.07. The zero-order chi connectivity index (χ0) is 16.0. The molecule has 1 fully saturated rings. The summed E-state index contributed by atoms with van der Waals surface area (Å²) in [7, 11) is -3.53. The molecule has 0 bridgehead atoms. The minimum Gasteiger partial charge on any atom is -0.377 e. The van der Waals surface area contributed by atoms with E-state index in [1.807, 2.05) is 12.1 Å². The van der Waals surface area contributed by atoms with Crippen LogP contribution in [0.4, 0.5) is 0 Å². The van der Waals surface area contributed by atoms with Gasteiger partial charge in [0.05, 0.1) is 11.0 Å². The van der Waals surface area contributed by atoms with E-state index >= 15 is 0 Å². The third-order valence-electron chi connectivity index (χ3n) is 4.72. The second kappa shape index (κ2) is 5.84. The van der Waals surface area contributed by atoms with E-state index in [1.54, 1.807) is 6.07 Å². The van der Waals surface area contributed by atoms with E-state index in [4.69, 9.17) is 4.74 Å². The van der Waals surface area contributed by atoms with Crippen molar-refractivity contribution in [3.63, 3.8) is 0 Å². The standard InChI is InChI=1S/C17H18BrNO3S/c18-15-9-16(23(20,21)19-10-12-4-2-8-22-12)14-7-6-11-3-1-5-13(15)17(11)14/h1,3,5,9,12,19H,2,4,6-8,10H2. The molecular formula is C17H18BrNO3S. The molecule has 1 aliphatic carbocycles. The first kappa shape index (κ1) is 15.6. The van der Waals surface area contributed by atoms with E-state index in [9.17, 15) is 8.42 Å². The van der Waals surface area contributed by atoms with Crippen LogP contribution in [0.1, 0.15) is 24.0 Å². The summed E-state index contributed by atoms with van der Waals surface area (Å²) in [5.41, 5.74) is 2.17. The monoisotopic (exact) mass is 395 g/mol. The van der Waals surface area contributed by atoms with Crippen molar-refractivity contribution >= 4 is 36.7 Å². The van der Waals surface area contributed by atoms with Crippen LogP contribution in [-0.4, -0.2) is 27.7 Å². The lowest BCUT2D eigenvalue weighted by Crippen LogP contribution is -2.32. The average Bonchev–Trinajstić information content (AvgIpc) is 3.19. The molecule has 0 aromatic heterocycles. The Hall–Kier alpha value is -0.950. The first-order chi connectivity index (χ1) is 11.1. The molecule has 23 heavy (non-hydrogen) atoms. The van der Waals surface area contributed by atoms with Gasteiger partial charge in [-0.1, -0.05) is 34.1 Å². The Balaban J connectivity index is 1.74. The minimum atomic E-state index is -3.53. The Kier molecular flexibility index (Phi) is 3.96. The third-order valence-corrected chi connectivity index (χ3v) is 6.87. The maximum atomic E-state index is 12.8. The van der Waals surface area contributed by atoms with Crippen LogP contribution in [0.3, 0.4) is 0 Å². The molecule has 1 N–H and O–H groups in total. The summed E-state index contributed by atoms with van der Waals surface area (Å²) < 4.78 is 34.7. The second-order valence-corrected chi connectivity index (χ2v) is 8.75. The van der Waals surface area contributed by atoms with E-state index in [1.165, 1.54) is 5.56 Å². The Morgan fingerprint density at radius 2 is 2.17 bits per heavy atom. The Labute approximate surface area is 144 Å². The van der Waals surface area contributed by atoms with Crippen LogP contribution < -0.4 is 4.72 Å². The van der Waals surface area contributed by atoms with Crippen molar-refractivity contribution in [2.45, 2.75) is 36.7 Å². The van der Waals surface area contributed by atoms with Crippen molar-refractivity contribution in [2.75, 3.05) is 13.2 Å². The van der Waals surface area contributed by atoms with Crippen molar-refractivity contribution in [1.29, 1.82) is 0 Å². The molecule has 1 heterocycles. The van der Waals surface area contributed by atoms with Crippen molar-refractivity contribution in [3.8, 4) is 0 Å². The summed E-state index contributed by atoms with van der Waals surface area (Å²) in [6, 6.07) is 7.89. The summed E-state index contributed by atoms with van der Waals surface area (Å²) in [4.78, 5) is 0.403. The highest BCUT2D eigenvalue weighted by molar-refractivity contribution is 9.10. The van der Waals surface area contributed by atoms with Gasteiger partial charge in [-0.2, -0.15) is 0 Å². The number of benzene rings is 2. The molecule has 1 unspecified atom stereocenters. The van der Waals surface area contributed by atoms with Crippen LogP contribution >= 0.6 is 15.9 Å². The summed E-state index contributed by atoms with van der Waals surface area (Å²) in [5.74, 6) is 0. The Morgan fingerprint density at radius 3 is 2.96 bits per heavy atom. The van der Waals surface area contributed by atoms with E-state index < -0.39 is 10.0 Å². The van der Waals surface area contributed by atoms with Gasteiger partial charge in [0.25, 0.3) is 0 Å². The van der Waals surface area contributed by atoms with Gasteiger partial charge in [0, 0.05) is 17.6 Å². The van der Waals surface area contributed by atoms with Crippen LogP contribution in [0.15, 0.2) is 33.6 Å². The van der Waals surface area contributed by atoms with Gasteiger partial charge in [-0.05, 0) is 53.6 Å². The first-order valence-electron chi connectivity index (χ1n) is 7.90. The molecule has 2 aromatic carbocycles. The molecule has 6 heteroatoms. The topological polar surface area (TPSA) is 55.4 Å². The maximum absolute atomic E-state index is 12.8. The van der Waals surface area contributed by atoms with E-state index in [2.05, 4.69) is 26.7 Å². The zero-order valence-corrected chi connectivity index (χ0v) is 15.0. The van der Waals surface area contributed by atoms with Crippen LogP contribution in [0, 0.1) is 0 Å². The first-order valence-corrected chi connectivity index (χ1v) is 10.2. The fraction of sp³-hybridized carbons (Fsp3) is 0.412. The highest BCUT2D eigenvalue weighted by Gasteiger charge is 2.27. The largest absolute Gasteiger partial charge is 0.377 e. The van der Waals surface area contributed by atoms with Crippen LogP contribution in [-0.2, 0) is 27.6 Å². The molecule has 0 saturated carbocycles. The van der Waals surface area contributed by atoms with Crippen LogP contribution in [0.25, 0.3) is 10.8 Å². The van der Waals surface area contributed by atoms with Gasteiger partial charge >= 0.3 is 0 Å². The molecule has 2 aliphatic rings. The predicted molar refractivity (Wildman–Crippen MR) is 93.2 cm³/mol. The summed E-state index contributed by atoms with van der Waals surface area (Å²) >= 11 is 3.54. The molecule has 0 spiro atoms. The third kappa shape index (κ3) is 2.71. The second-order valence-electron chi connectivity index (χ2n) is 6.16. The Bertz CT molecular complexity index is 873. The van der Waals surface area contributed by atoms with Crippen LogP contribution in [0.2, 0.25) is 0 Å². The van der Waals surface area contributed by atoms with Gasteiger partial charge in [0.1, 0.15) is 0 Å². The number of hydrogen-bond acceptors (Lipinski definition) is 3. The smallest absolute Gasteiger partial charge is 0.240 e. The van der Waals surface area contributed by atoms with E-state index in [-0.39, 0.29) is 6.10 Å². The van der Waals surface area contributed by atoms with Crippen molar-refractivity contribution in [3.05, 3.63) is 39.9 Å². The average molecular weight is 396 g/mol. The fourth-order valence-electron chi connectivity index (χ4n) is 3.60. The van der Waals surface area contributed by atoms with Gasteiger partial charge in [-0.15, -0.1) is 0 Å². The number of aryl methyl sites for hydroxylation is 2. The number of halogens is 1. The van der Waals surface area contributed by atoms with Crippen molar-refractivity contribution in [2.24, 2.45) is 0 Å². The van der Waals surface area contributed by atoms with Crippen LogP contribution in [0.5, 0.6) is 0 Å².